The number of fused-ring (bicyclic) bond motifs is 1. The molecule has 2 atom stereocenters. The summed E-state index contributed by atoms with van der Waals surface area (Å²) in [4.78, 5) is 23.8. The Morgan fingerprint density at radius 3 is 2.44 bits per heavy atom. The summed E-state index contributed by atoms with van der Waals surface area (Å²) in [5.41, 5.74) is 0.289. The first-order valence-corrected chi connectivity index (χ1v) is 14.1. The Kier molecular flexibility index (Phi) is 8.47. The monoisotopic (exact) mass is 601 g/mol. The Morgan fingerprint density at radius 1 is 1.15 bits per heavy atom. The summed E-state index contributed by atoms with van der Waals surface area (Å²) < 4.78 is 16.6. The number of carbonyl (C=O) groups is 1. The third kappa shape index (κ3) is 6.01. The SMILES string of the molecule is C=CC(=O)N[C@H]1COC[C@H]1Nc1cc2c(N3CCC(C)(O)CC3)nc(-c3c(Cl)c(OC)cc(OC)c3Cl)cc2cn1. The molecule has 41 heavy (non-hydrogen) atoms. The maximum atomic E-state index is 11.9. The van der Waals surface area contributed by atoms with Gasteiger partial charge < -0.3 is 34.9 Å². The molecular weight excluding hydrogens is 569 g/mol. The summed E-state index contributed by atoms with van der Waals surface area (Å²) in [6, 6.07) is 5.06. The van der Waals surface area contributed by atoms with Crippen LogP contribution < -0.4 is 25.0 Å². The summed E-state index contributed by atoms with van der Waals surface area (Å²) in [5.74, 6) is 1.89. The van der Waals surface area contributed by atoms with E-state index in [1.165, 1.54) is 20.3 Å². The van der Waals surface area contributed by atoms with Crippen molar-refractivity contribution in [3.05, 3.63) is 47.1 Å². The second-order valence-electron chi connectivity index (χ2n) is 10.5. The minimum Gasteiger partial charge on any atom is -0.495 e. The number of anilines is 2. The second kappa shape index (κ2) is 11.9. The topological polar surface area (TPSA) is 118 Å². The third-order valence-electron chi connectivity index (χ3n) is 7.59. The van der Waals surface area contributed by atoms with Crippen LogP contribution in [0.1, 0.15) is 19.8 Å². The van der Waals surface area contributed by atoms with E-state index in [0.29, 0.717) is 83.6 Å². The fourth-order valence-corrected chi connectivity index (χ4v) is 5.85. The zero-order valence-corrected chi connectivity index (χ0v) is 24.7. The van der Waals surface area contributed by atoms with Crippen LogP contribution in [0.5, 0.6) is 11.5 Å². The largest absolute Gasteiger partial charge is 0.495 e. The van der Waals surface area contributed by atoms with Crippen molar-refractivity contribution in [3.63, 3.8) is 0 Å². The van der Waals surface area contributed by atoms with Crippen LogP contribution in [-0.4, -0.2) is 79.2 Å². The molecular formula is C29H33Cl2N5O5. The van der Waals surface area contributed by atoms with Gasteiger partial charge in [0.05, 0.1) is 60.9 Å². The third-order valence-corrected chi connectivity index (χ3v) is 8.34. The van der Waals surface area contributed by atoms with Crippen LogP contribution in [0.15, 0.2) is 37.1 Å². The molecule has 10 nitrogen and oxygen atoms in total. The lowest BCUT2D eigenvalue weighted by atomic mass is 9.93. The number of ether oxygens (including phenoxy) is 3. The van der Waals surface area contributed by atoms with E-state index in [0.717, 1.165) is 10.8 Å². The number of methoxy groups -OCH3 is 2. The van der Waals surface area contributed by atoms with Crippen LogP contribution in [0, 0.1) is 0 Å². The zero-order chi connectivity index (χ0) is 29.3. The normalized spacial score (nSPS) is 20.1. The Labute approximate surface area is 248 Å². The van der Waals surface area contributed by atoms with Gasteiger partial charge in [0, 0.05) is 41.7 Å². The van der Waals surface area contributed by atoms with E-state index in [9.17, 15) is 9.90 Å². The molecule has 2 aromatic heterocycles. The first kappa shape index (κ1) is 29.2. The highest BCUT2D eigenvalue weighted by atomic mass is 35.5. The maximum absolute atomic E-state index is 11.9. The average molecular weight is 603 g/mol. The molecule has 2 fully saturated rings. The molecule has 4 heterocycles. The van der Waals surface area contributed by atoms with Gasteiger partial charge in [-0.2, -0.15) is 0 Å². The number of pyridine rings is 2. The van der Waals surface area contributed by atoms with Crippen molar-refractivity contribution in [2.24, 2.45) is 0 Å². The first-order valence-electron chi connectivity index (χ1n) is 13.3. The standard InChI is InChI=1S/C29H33Cl2N5O5/c1-5-24(37)34-20-15-41-14-19(20)33-23-11-17-16(13-32-23)10-18(35-28(17)36-8-6-29(2,38)7-9-36)25-26(30)21(39-3)12-22(40-4)27(25)31/h5,10-13,19-20,38H,1,6-9,14-15H2,2-4H3,(H,32,33)(H,34,37)/t19-,20+/m1/s1. The number of nitrogens with zero attached hydrogens (tertiary/aromatic N) is 3. The summed E-state index contributed by atoms with van der Waals surface area (Å²) in [5, 5.41) is 19.2. The zero-order valence-electron chi connectivity index (χ0n) is 23.2. The van der Waals surface area contributed by atoms with Gasteiger partial charge in [0.2, 0.25) is 5.91 Å². The molecule has 1 amide bonds. The molecule has 3 aromatic rings. The number of hydrogen-bond acceptors (Lipinski definition) is 9. The fraction of sp³-hybridized carbons (Fsp3) is 0.414. The molecule has 2 saturated heterocycles. The lowest BCUT2D eigenvalue weighted by Crippen LogP contribution is -2.45. The predicted octanol–water partition coefficient (Wildman–Crippen LogP) is 4.45. The number of benzene rings is 1. The van der Waals surface area contributed by atoms with Crippen molar-refractivity contribution in [3.8, 4) is 22.8 Å². The van der Waals surface area contributed by atoms with Crippen LogP contribution in [0.4, 0.5) is 11.6 Å². The van der Waals surface area contributed by atoms with Gasteiger partial charge >= 0.3 is 0 Å². The number of aromatic nitrogens is 2. The van der Waals surface area contributed by atoms with Gasteiger partial charge in [0.15, 0.2) is 0 Å². The van der Waals surface area contributed by atoms with Gasteiger partial charge in [-0.15, -0.1) is 0 Å². The van der Waals surface area contributed by atoms with E-state index in [4.69, 9.17) is 42.4 Å². The minimum absolute atomic E-state index is 0.175. The smallest absolute Gasteiger partial charge is 0.243 e. The van der Waals surface area contributed by atoms with Crippen LogP contribution in [0.2, 0.25) is 10.0 Å². The molecule has 0 spiro atoms. The number of aliphatic hydroxyl groups is 1. The minimum atomic E-state index is -0.738. The van der Waals surface area contributed by atoms with E-state index in [1.807, 2.05) is 19.1 Å². The Hall–Kier alpha value is -3.31. The highest BCUT2D eigenvalue weighted by Gasteiger charge is 2.31. The Balaban J connectivity index is 1.59. The van der Waals surface area contributed by atoms with E-state index in [1.54, 1.807) is 12.3 Å². The number of hydrogen-bond donors (Lipinski definition) is 3. The van der Waals surface area contributed by atoms with Crippen molar-refractivity contribution in [1.29, 1.82) is 0 Å². The fourth-order valence-electron chi connectivity index (χ4n) is 5.16. The molecule has 2 aliphatic rings. The quantitative estimate of drug-likeness (QED) is 0.322. The van der Waals surface area contributed by atoms with Gasteiger partial charge in [0.1, 0.15) is 23.1 Å². The second-order valence-corrected chi connectivity index (χ2v) is 11.3. The summed E-state index contributed by atoms with van der Waals surface area (Å²) in [6.45, 7) is 7.40. The van der Waals surface area contributed by atoms with Crippen molar-refractivity contribution < 1.29 is 24.1 Å². The van der Waals surface area contributed by atoms with E-state index >= 15 is 0 Å². The Morgan fingerprint density at radius 2 is 1.80 bits per heavy atom. The number of piperidine rings is 1. The molecule has 0 radical (unpaired) electrons. The van der Waals surface area contributed by atoms with E-state index in [-0.39, 0.29) is 18.0 Å². The lowest BCUT2D eigenvalue weighted by molar-refractivity contribution is -0.117. The van der Waals surface area contributed by atoms with Gasteiger partial charge in [-0.05, 0) is 38.0 Å². The first-order chi connectivity index (χ1) is 19.6. The van der Waals surface area contributed by atoms with Crippen LogP contribution >= 0.6 is 23.2 Å². The number of rotatable bonds is 8. The predicted molar refractivity (Wildman–Crippen MR) is 161 cm³/mol. The van der Waals surface area contributed by atoms with Crippen LogP contribution in [0.3, 0.4) is 0 Å². The molecule has 3 N–H and O–H groups in total. The van der Waals surface area contributed by atoms with Gasteiger partial charge in [-0.25, -0.2) is 9.97 Å². The van der Waals surface area contributed by atoms with Crippen molar-refractivity contribution in [2.75, 3.05) is 50.7 Å². The van der Waals surface area contributed by atoms with Crippen molar-refractivity contribution >= 4 is 51.5 Å². The molecule has 0 aliphatic carbocycles. The van der Waals surface area contributed by atoms with E-state index < -0.39 is 5.60 Å². The maximum Gasteiger partial charge on any atom is 0.243 e. The highest BCUT2D eigenvalue weighted by Crippen LogP contribution is 2.46. The van der Waals surface area contributed by atoms with Crippen LogP contribution in [0.25, 0.3) is 22.0 Å². The number of halogens is 2. The molecule has 218 valence electrons. The summed E-state index contributed by atoms with van der Waals surface area (Å²) in [6.07, 6.45) is 4.19. The molecule has 5 rings (SSSR count). The number of carbonyl (C=O) groups excluding carboxylic acids is 1. The molecule has 2 aliphatic heterocycles. The van der Waals surface area contributed by atoms with Gasteiger partial charge in [-0.3, -0.25) is 4.79 Å². The number of amides is 1. The van der Waals surface area contributed by atoms with Gasteiger partial charge in [-0.1, -0.05) is 29.8 Å². The van der Waals surface area contributed by atoms with Crippen molar-refractivity contribution in [2.45, 2.75) is 37.5 Å². The van der Waals surface area contributed by atoms with Crippen molar-refractivity contribution in [1.82, 2.24) is 15.3 Å². The molecule has 0 unspecified atom stereocenters. The average Bonchev–Trinajstić information content (AvgIpc) is 3.39. The Bertz CT molecular complexity index is 1450. The summed E-state index contributed by atoms with van der Waals surface area (Å²) >= 11 is 13.5. The molecule has 1 aromatic carbocycles. The number of nitrogens with one attached hydrogen (secondary N) is 2. The van der Waals surface area contributed by atoms with Crippen LogP contribution in [-0.2, 0) is 9.53 Å². The molecule has 12 heteroatoms. The lowest BCUT2D eigenvalue weighted by Gasteiger charge is -2.37. The molecule has 0 saturated carbocycles. The molecule has 0 bridgehead atoms. The highest BCUT2D eigenvalue weighted by molar-refractivity contribution is 6.41. The van der Waals surface area contributed by atoms with E-state index in [2.05, 4.69) is 27.1 Å². The summed E-state index contributed by atoms with van der Waals surface area (Å²) in [7, 11) is 3.05. The van der Waals surface area contributed by atoms with Gasteiger partial charge in [0.25, 0.3) is 0 Å².